The van der Waals surface area contributed by atoms with Gasteiger partial charge in [0.1, 0.15) is 41.5 Å². The Labute approximate surface area is 339 Å². The SMILES string of the molecule is CC[C@@]1(O)C[C@H](O[C@H]2C[C@H](NC)[C@H](O[C@H]3C[C@H](O)[C@H](O[C@H]4C[C@H](O)[C@H](O)[C@H](C)O4)[C@H](C)O3)[C@H](C)O2)c2c(cc3c(c2O)C(=O)c2c(O)ccc(O)c2C3=O)[C@H]1C(=O)OC. The standard InChI is InChI=1S/C41H53NO17/c1-7-41(52)14-25(29-18(33(41)40(51)53-6)10-19-30(36(29)49)37(50)32-22(44)9-8-21(43)31(32)35(19)48)57-26-11-20(42-5)38(16(3)55-26)58-28-13-24(46)39(17(4)56-28)59-27-12-23(45)34(47)15(2)54-27/h8-10,15-17,20,23-28,33-34,38-39,42-47,49,52H,7,11-14H2,1-6H3/t15-,16-,17-,20-,23-,24-,25-,26-,27-,28-,33-,34+,38+,39+,41+/m0/s1. The Morgan fingerprint density at radius 2 is 1.37 bits per heavy atom. The zero-order valence-corrected chi connectivity index (χ0v) is 33.6. The Hall–Kier alpha value is -3.79. The Balaban J connectivity index is 1.12. The van der Waals surface area contributed by atoms with Gasteiger partial charge in [0.15, 0.2) is 24.7 Å². The molecule has 59 heavy (non-hydrogen) atoms. The van der Waals surface area contributed by atoms with Crippen LogP contribution in [-0.4, -0.2) is 147 Å². The summed E-state index contributed by atoms with van der Waals surface area (Å²) in [7, 11) is 2.85. The molecule has 0 unspecified atom stereocenters. The Bertz CT molecular complexity index is 1930. The summed E-state index contributed by atoms with van der Waals surface area (Å²) in [5, 5.41) is 79.8. The third-order valence-electron chi connectivity index (χ3n) is 12.5. The van der Waals surface area contributed by atoms with Gasteiger partial charge in [-0.25, -0.2) is 0 Å². The van der Waals surface area contributed by atoms with Crippen molar-refractivity contribution in [2.24, 2.45) is 0 Å². The molecule has 0 saturated carbocycles. The monoisotopic (exact) mass is 831 g/mol. The predicted molar refractivity (Wildman–Crippen MR) is 201 cm³/mol. The molecular formula is C41H53NO17. The van der Waals surface area contributed by atoms with E-state index in [1.165, 1.54) is 6.07 Å². The molecule has 0 bridgehead atoms. The van der Waals surface area contributed by atoms with Gasteiger partial charge < -0.3 is 74.2 Å². The maximum Gasteiger partial charge on any atom is 0.316 e. The summed E-state index contributed by atoms with van der Waals surface area (Å²) in [6.45, 7) is 6.74. The molecule has 8 N–H and O–H groups in total. The van der Waals surface area contributed by atoms with Gasteiger partial charge in [0.25, 0.3) is 0 Å². The largest absolute Gasteiger partial charge is 0.507 e. The molecule has 3 heterocycles. The summed E-state index contributed by atoms with van der Waals surface area (Å²) in [4.78, 5) is 41.2. The first-order valence-electron chi connectivity index (χ1n) is 19.9. The van der Waals surface area contributed by atoms with Crippen LogP contribution < -0.4 is 5.32 Å². The van der Waals surface area contributed by atoms with Crippen LogP contribution in [0.15, 0.2) is 18.2 Å². The second-order valence-corrected chi connectivity index (χ2v) is 16.1. The molecule has 0 amide bonds. The number of ketones is 2. The molecular weight excluding hydrogens is 778 g/mol. The van der Waals surface area contributed by atoms with Crippen molar-refractivity contribution in [1.29, 1.82) is 0 Å². The Kier molecular flexibility index (Phi) is 12.2. The first-order valence-corrected chi connectivity index (χ1v) is 19.9. The van der Waals surface area contributed by atoms with Crippen LogP contribution in [0.1, 0.15) is 115 Å². The first-order chi connectivity index (χ1) is 27.9. The quantitative estimate of drug-likeness (QED) is 0.111. The number of nitrogens with one attached hydrogen (secondary N) is 1. The van der Waals surface area contributed by atoms with Crippen molar-refractivity contribution < 1.29 is 83.3 Å². The molecule has 18 heteroatoms. The molecule has 324 valence electrons. The third kappa shape index (κ3) is 7.63. The zero-order valence-electron chi connectivity index (χ0n) is 33.6. The van der Waals surface area contributed by atoms with E-state index in [0.29, 0.717) is 0 Å². The second-order valence-electron chi connectivity index (χ2n) is 16.1. The molecule has 7 rings (SSSR count). The van der Waals surface area contributed by atoms with Gasteiger partial charge in [-0.2, -0.15) is 0 Å². The highest BCUT2D eigenvalue weighted by molar-refractivity contribution is 6.31. The fraction of sp³-hybridized carbons (Fsp3) is 0.634. The Morgan fingerprint density at radius 1 is 0.814 bits per heavy atom. The summed E-state index contributed by atoms with van der Waals surface area (Å²) in [5.41, 5.74) is -3.65. The molecule has 2 aromatic rings. The number of ether oxygens (including phenoxy) is 7. The van der Waals surface area contributed by atoms with E-state index in [-0.39, 0.29) is 48.8 Å². The summed E-state index contributed by atoms with van der Waals surface area (Å²) >= 11 is 0. The van der Waals surface area contributed by atoms with E-state index in [2.05, 4.69) is 5.32 Å². The maximum absolute atomic E-state index is 13.9. The van der Waals surface area contributed by atoms with Crippen LogP contribution in [0.3, 0.4) is 0 Å². The number of benzene rings is 2. The lowest BCUT2D eigenvalue weighted by molar-refractivity contribution is -0.329. The van der Waals surface area contributed by atoms with E-state index in [4.69, 9.17) is 33.2 Å². The van der Waals surface area contributed by atoms with Gasteiger partial charge in [0.2, 0.25) is 5.78 Å². The van der Waals surface area contributed by atoms with Crippen molar-refractivity contribution in [2.75, 3.05) is 14.2 Å². The molecule has 0 aromatic heterocycles. The van der Waals surface area contributed by atoms with E-state index in [1.807, 2.05) is 0 Å². The van der Waals surface area contributed by atoms with Crippen molar-refractivity contribution in [1.82, 2.24) is 5.32 Å². The summed E-state index contributed by atoms with van der Waals surface area (Å²) < 4.78 is 42.2. The first kappa shape index (κ1) is 43.3. The molecule has 3 saturated heterocycles. The fourth-order valence-corrected chi connectivity index (χ4v) is 9.32. The minimum atomic E-state index is -1.82. The normalized spacial score (nSPS) is 38.3. The number of fused-ring (bicyclic) bond motifs is 3. The van der Waals surface area contributed by atoms with Crippen LogP contribution in [0.5, 0.6) is 17.2 Å². The van der Waals surface area contributed by atoms with Gasteiger partial charge in [-0.05, 0) is 58.0 Å². The topological polar surface area (TPSA) is 269 Å². The van der Waals surface area contributed by atoms with Gasteiger partial charge in [0.05, 0.1) is 66.0 Å². The van der Waals surface area contributed by atoms with Gasteiger partial charge in [0, 0.05) is 42.9 Å². The molecule has 0 radical (unpaired) electrons. The van der Waals surface area contributed by atoms with Crippen LogP contribution in [0, 0.1) is 0 Å². The number of likely N-dealkylation sites (N-methyl/N-ethyl adjacent to an activating group) is 1. The number of carbonyl (C=O) groups is 3. The smallest absolute Gasteiger partial charge is 0.316 e. The number of hydrogen-bond acceptors (Lipinski definition) is 18. The molecule has 2 aromatic carbocycles. The van der Waals surface area contributed by atoms with Crippen LogP contribution in [0.2, 0.25) is 0 Å². The minimum Gasteiger partial charge on any atom is -0.507 e. The number of rotatable bonds is 9. The van der Waals surface area contributed by atoms with Crippen molar-refractivity contribution in [3.05, 3.63) is 51.6 Å². The van der Waals surface area contributed by atoms with Gasteiger partial charge in [-0.3, -0.25) is 14.4 Å². The molecule has 15 atom stereocenters. The number of methoxy groups -OCH3 is 1. The van der Waals surface area contributed by atoms with E-state index in [1.54, 1.807) is 34.7 Å². The average Bonchev–Trinajstić information content (AvgIpc) is 3.18. The second kappa shape index (κ2) is 16.6. The van der Waals surface area contributed by atoms with Gasteiger partial charge >= 0.3 is 5.97 Å². The number of aliphatic hydroxyl groups excluding tert-OH is 3. The van der Waals surface area contributed by atoms with Gasteiger partial charge in [-0.15, -0.1) is 0 Å². The Morgan fingerprint density at radius 3 is 1.95 bits per heavy atom. The number of aliphatic hydroxyl groups is 4. The van der Waals surface area contributed by atoms with Crippen LogP contribution >= 0.6 is 0 Å². The van der Waals surface area contributed by atoms with Crippen molar-refractivity contribution >= 4 is 17.5 Å². The summed E-state index contributed by atoms with van der Waals surface area (Å²) in [6, 6.07) is 2.91. The highest BCUT2D eigenvalue weighted by atomic mass is 16.7. The zero-order chi connectivity index (χ0) is 42.8. The molecule has 5 aliphatic rings. The van der Waals surface area contributed by atoms with E-state index < -0.39 is 143 Å². The number of esters is 1. The number of aromatic hydroxyl groups is 3. The average molecular weight is 832 g/mol. The highest BCUT2D eigenvalue weighted by Crippen LogP contribution is 2.54. The highest BCUT2D eigenvalue weighted by Gasteiger charge is 2.54. The van der Waals surface area contributed by atoms with Crippen LogP contribution in [0.25, 0.3) is 0 Å². The molecule has 2 aliphatic carbocycles. The van der Waals surface area contributed by atoms with E-state index in [0.717, 1.165) is 19.2 Å². The maximum atomic E-state index is 13.9. The lowest BCUT2D eigenvalue weighted by Crippen LogP contribution is -2.58. The number of carbonyl (C=O) groups excluding carboxylic acids is 3. The lowest BCUT2D eigenvalue weighted by Gasteiger charge is -2.47. The van der Waals surface area contributed by atoms with Gasteiger partial charge in [-0.1, -0.05) is 6.92 Å². The number of hydrogen-bond donors (Lipinski definition) is 8. The number of phenols is 3. The number of phenolic OH excluding ortho intramolecular Hbond substituents is 3. The predicted octanol–water partition coefficient (Wildman–Crippen LogP) is 1.28. The van der Waals surface area contributed by atoms with Crippen molar-refractivity contribution in [3.63, 3.8) is 0 Å². The summed E-state index contributed by atoms with van der Waals surface area (Å²) in [6.07, 6.45) is -10.6. The molecule has 3 fully saturated rings. The van der Waals surface area contributed by atoms with Crippen LogP contribution in [-0.2, 0) is 38.0 Å². The molecule has 0 spiro atoms. The lowest BCUT2D eigenvalue weighted by atomic mass is 9.67. The van der Waals surface area contributed by atoms with Crippen molar-refractivity contribution in [3.8, 4) is 17.2 Å². The molecule has 18 nitrogen and oxygen atoms in total. The third-order valence-corrected chi connectivity index (χ3v) is 12.5. The van der Waals surface area contributed by atoms with Crippen molar-refractivity contribution in [2.45, 2.75) is 151 Å². The van der Waals surface area contributed by atoms with Crippen LogP contribution in [0.4, 0.5) is 0 Å². The molecule has 3 aliphatic heterocycles. The minimum absolute atomic E-state index is 0.0146. The van der Waals surface area contributed by atoms with E-state index in [9.17, 15) is 50.1 Å². The van der Waals surface area contributed by atoms with E-state index >= 15 is 0 Å². The summed E-state index contributed by atoms with van der Waals surface area (Å²) in [5.74, 6) is -5.96. The fourth-order valence-electron chi connectivity index (χ4n) is 9.32.